The van der Waals surface area contributed by atoms with Crippen molar-refractivity contribution in [1.82, 2.24) is 4.90 Å². The third kappa shape index (κ3) is 5.45. The zero-order chi connectivity index (χ0) is 17.0. The van der Waals surface area contributed by atoms with E-state index in [1.165, 1.54) is 16.8 Å². The fourth-order valence-corrected chi connectivity index (χ4v) is 2.95. The minimum atomic E-state index is -0.431. The molecule has 0 spiro atoms. The highest BCUT2D eigenvalue weighted by Gasteiger charge is 2.25. The van der Waals surface area contributed by atoms with Gasteiger partial charge < -0.3 is 15.0 Å². The lowest BCUT2D eigenvalue weighted by Crippen LogP contribution is -2.37. The second-order valence-electron chi connectivity index (χ2n) is 7.56. The van der Waals surface area contributed by atoms with E-state index in [0.29, 0.717) is 6.04 Å². The van der Waals surface area contributed by atoms with Gasteiger partial charge in [0.25, 0.3) is 0 Å². The summed E-state index contributed by atoms with van der Waals surface area (Å²) < 4.78 is 5.49. The topological polar surface area (TPSA) is 41.6 Å². The normalized spacial score (nSPS) is 19.2. The summed E-state index contributed by atoms with van der Waals surface area (Å²) in [6.07, 6.45) is 2.84. The first-order chi connectivity index (χ1) is 10.7. The summed E-state index contributed by atoms with van der Waals surface area (Å²) in [5.74, 6) is 0. The number of aryl methyl sites for hydroxylation is 2. The van der Waals surface area contributed by atoms with E-state index in [1.807, 2.05) is 25.7 Å². The van der Waals surface area contributed by atoms with Crippen LogP contribution in [-0.2, 0) is 4.74 Å². The maximum Gasteiger partial charge on any atom is 0.410 e. The van der Waals surface area contributed by atoms with Crippen LogP contribution in [-0.4, -0.2) is 35.7 Å². The van der Waals surface area contributed by atoms with Crippen molar-refractivity contribution >= 4 is 11.8 Å². The lowest BCUT2D eigenvalue weighted by atomic mass is 10.1. The Bertz CT molecular complexity index is 549. The standard InChI is InChI=1S/C19H30N2O2/c1-14-8-9-17(15(2)13-14)20-16-7-6-11-21(12-10-16)18(22)23-19(3,4)5/h8-9,13,16,20H,6-7,10-12H2,1-5H3. The van der Waals surface area contributed by atoms with Crippen LogP contribution in [0.4, 0.5) is 10.5 Å². The number of likely N-dealkylation sites (tertiary alicyclic amines) is 1. The number of nitrogens with zero attached hydrogens (tertiary/aromatic N) is 1. The SMILES string of the molecule is Cc1ccc(NC2CCCN(C(=O)OC(C)(C)C)CC2)c(C)c1. The molecule has 1 unspecified atom stereocenters. The van der Waals surface area contributed by atoms with E-state index in [1.54, 1.807) is 0 Å². The molecule has 4 heteroatoms. The third-order valence-corrected chi connectivity index (χ3v) is 4.12. The van der Waals surface area contributed by atoms with E-state index < -0.39 is 5.60 Å². The van der Waals surface area contributed by atoms with Crippen molar-refractivity contribution in [1.29, 1.82) is 0 Å². The zero-order valence-corrected chi connectivity index (χ0v) is 15.1. The molecule has 1 N–H and O–H groups in total. The van der Waals surface area contributed by atoms with Crippen molar-refractivity contribution < 1.29 is 9.53 Å². The number of rotatable bonds is 2. The molecule has 1 saturated heterocycles. The quantitative estimate of drug-likeness (QED) is 0.872. The molecule has 0 aliphatic carbocycles. The molecular weight excluding hydrogens is 288 g/mol. The molecule has 23 heavy (non-hydrogen) atoms. The number of ether oxygens (including phenoxy) is 1. The Morgan fingerprint density at radius 1 is 1.22 bits per heavy atom. The van der Waals surface area contributed by atoms with Gasteiger partial charge in [0, 0.05) is 24.8 Å². The van der Waals surface area contributed by atoms with Gasteiger partial charge in [0.1, 0.15) is 5.60 Å². The van der Waals surface area contributed by atoms with Crippen LogP contribution in [0.1, 0.15) is 51.2 Å². The van der Waals surface area contributed by atoms with Crippen molar-refractivity contribution in [2.24, 2.45) is 0 Å². The lowest BCUT2D eigenvalue weighted by molar-refractivity contribution is 0.0256. The fourth-order valence-electron chi connectivity index (χ4n) is 2.95. The van der Waals surface area contributed by atoms with Gasteiger partial charge in [0.15, 0.2) is 0 Å². The second kappa shape index (κ2) is 7.24. The first kappa shape index (κ1) is 17.6. The Morgan fingerprint density at radius 2 is 1.96 bits per heavy atom. The molecule has 1 aromatic rings. The van der Waals surface area contributed by atoms with Crippen LogP contribution >= 0.6 is 0 Å². The number of carbonyl (C=O) groups is 1. The molecule has 1 aliphatic rings. The highest BCUT2D eigenvalue weighted by molar-refractivity contribution is 5.68. The summed E-state index contributed by atoms with van der Waals surface area (Å²) in [7, 11) is 0. The Morgan fingerprint density at radius 3 is 2.61 bits per heavy atom. The van der Waals surface area contributed by atoms with Crippen LogP contribution in [0.25, 0.3) is 0 Å². The number of anilines is 1. The summed E-state index contributed by atoms with van der Waals surface area (Å²) in [4.78, 5) is 14.0. The molecule has 1 amide bonds. The number of carbonyl (C=O) groups excluding carboxylic acids is 1. The predicted octanol–water partition coefficient (Wildman–Crippen LogP) is 4.50. The molecule has 1 aliphatic heterocycles. The maximum atomic E-state index is 12.2. The molecule has 1 heterocycles. The van der Waals surface area contributed by atoms with Crippen LogP contribution in [0.15, 0.2) is 18.2 Å². The number of amides is 1. The van der Waals surface area contributed by atoms with E-state index in [0.717, 1.165) is 32.4 Å². The first-order valence-corrected chi connectivity index (χ1v) is 8.56. The van der Waals surface area contributed by atoms with Gasteiger partial charge in [-0.05, 0) is 65.5 Å². The monoisotopic (exact) mass is 318 g/mol. The Balaban J connectivity index is 1.92. The van der Waals surface area contributed by atoms with E-state index in [9.17, 15) is 4.79 Å². The van der Waals surface area contributed by atoms with Crippen molar-refractivity contribution in [2.45, 2.75) is 65.5 Å². The minimum absolute atomic E-state index is 0.190. The Kier molecular flexibility index (Phi) is 5.55. The highest BCUT2D eigenvalue weighted by Crippen LogP contribution is 2.22. The van der Waals surface area contributed by atoms with Crippen LogP contribution < -0.4 is 5.32 Å². The number of hydrogen-bond acceptors (Lipinski definition) is 3. The van der Waals surface area contributed by atoms with E-state index in [-0.39, 0.29) is 6.09 Å². The summed E-state index contributed by atoms with van der Waals surface area (Å²) in [6, 6.07) is 6.90. The molecule has 128 valence electrons. The molecule has 0 radical (unpaired) electrons. The van der Waals surface area contributed by atoms with Gasteiger partial charge in [-0.15, -0.1) is 0 Å². The largest absolute Gasteiger partial charge is 0.444 e. The first-order valence-electron chi connectivity index (χ1n) is 8.56. The van der Waals surface area contributed by atoms with Crippen molar-refractivity contribution in [3.8, 4) is 0 Å². The molecule has 4 nitrogen and oxygen atoms in total. The molecule has 1 fully saturated rings. The van der Waals surface area contributed by atoms with E-state index in [2.05, 4.69) is 37.4 Å². The number of benzene rings is 1. The van der Waals surface area contributed by atoms with Gasteiger partial charge in [-0.25, -0.2) is 4.79 Å². The summed E-state index contributed by atoms with van der Waals surface area (Å²) in [5.41, 5.74) is 3.33. The third-order valence-electron chi connectivity index (χ3n) is 4.12. The fraction of sp³-hybridized carbons (Fsp3) is 0.632. The molecular formula is C19H30N2O2. The smallest absolute Gasteiger partial charge is 0.410 e. The van der Waals surface area contributed by atoms with Gasteiger partial charge in [-0.1, -0.05) is 17.7 Å². The zero-order valence-electron chi connectivity index (χ0n) is 15.1. The van der Waals surface area contributed by atoms with E-state index in [4.69, 9.17) is 4.74 Å². The molecule has 2 rings (SSSR count). The van der Waals surface area contributed by atoms with Gasteiger partial charge in [-0.2, -0.15) is 0 Å². The van der Waals surface area contributed by atoms with Gasteiger partial charge in [0.05, 0.1) is 0 Å². The van der Waals surface area contributed by atoms with Crippen LogP contribution in [0, 0.1) is 13.8 Å². The van der Waals surface area contributed by atoms with Crippen molar-refractivity contribution in [3.05, 3.63) is 29.3 Å². The van der Waals surface area contributed by atoms with Crippen molar-refractivity contribution in [3.63, 3.8) is 0 Å². The van der Waals surface area contributed by atoms with Crippen LogP contribution in [0.5, 0.6) is 0 Å². The number of nitrogens with one attached hydrogen (secondary N) is 1. The maximum absolute atomic E-state index is 12.2. The molecule has 0 aromatic heterocycles. The molecule has 0 saturated carbocycles. The van der Waals surface area contributed by atoms with Gasteiger partial charge >= 0.3 is 6.09 Å². The Hall–Kier alpha value is -1.71. The average Bonchev–Trinajstić information content (AvgIpc) is 2.66. The van der Waals surface area contributed by atoms with Crippen LogP contribution in [0.2, 0.25) is 0 Å². The Labute approximate surface area is 140 Å². The van der Waals surface area contributed by atoms with Gasteiger partial charge in [0.2, 0.25) is 0 Å². The number of hydrogen-bond donors (Lipinski definition) is 1. The molecule has 0 bridgehead atoms. The van der Waals surface area contributed by atoms with Crippen molar-refractivity contribution in [2.75, 3.05) is 18.4 Å². The predicted molar refractivity (Wildman–Crippen MR) is 95.0 cm³/mol. The summed E-state index contributed by atoms with van der Waals surface area (Å²) in [5, 5.41) is 3.65. The lowest BCUT2D eigenvalue weighted by Gasteiger charge is -2.26. The minimum Gasteiger partial charge on any atom is -0.444 e. The highest BCUT2D eigenvalue weighted by atomic mass is 16.6. The summed E-state index contributed by atoms with van der Waals surface area (Å²) >= 11 is 0. The average molecular weight is 318 g/mol. The second-order valence-corrected chi connectivity index (χ2v) is 7.56. The molecule has 1 atom stereocenters. The van der Waals surface area contributed by atoms with Crippen LogP contribution in [0.3, 0.4) is 0 Å². The van der Waals surface area contributed by atoms with Gasteiger partial charge in [-0.3, -0.25) is 0 Å². The summed E-state index contributed by atoms with van der Waals surface area (Å²) in [6.45, 7) is 11.5. The molecule has 1 aromatic carbocycles. The van der Waals surface area contributed by atoms with E-state index >= 15 is 0 Å².